The van der Waals surface area contributed by atoms with Gasteiger partial charge in [0.25, 0.3) is 0 Å². The van der Waals surface area contributed by atoms with Crippen LogP contribution in [0.4, 0.5) is 0 Å². The summed E-state index contributed by atoms with van der Waals surface area (Å²) in [5.41, 5.74) is 1.40. The van der Waals surface area contributed by atoms with E-state index in [4.69, 9.17) is 11.6 Å². The molecular formula is C22H29ClN4O. The Bertz CT molecular complexity index is 806. The number of benzene rings is 1. The molecule has 1 aromatic heterocycles. The highest BCUT2D eigenvalue weighted by Crippen LogP contribution is 2.69. The lowest BCUT2D eigenvalue weighted by Gasteiger charge is -2.19. The van der Waals surface area contributed by atoms with Gasteiger partial charge >= 0.3 is 0 Å². The topological polar surface area (TPSA) is 44.5 Å². The molecule has 0 unspecified atom stereocenters. The van der Waals surface area contributed by atoms with Crippen molar-refractivity contribution in [1.29, 1.82) is 0 Å². The van der Waals surface area contributed by atoms with Gasteiger partial charge in [0.2, 0.25) is 0 Å². The van der Waals surface area contributed by atoms with Gasteiger partial charge in [0.15, 0.2) is 0 Å². The van der Waals surface area contributed by atoms with Crippen LogP contribution in [0, 0.1) is 11.3 Å². The van der Waals surface area contributed by atoms with Crippen LogP contribution >= 0.6 is 11.6 Å². The molecule has 1 aromatic carbocycles. The fourth-order valence-electron chi connectivity index (χ4n) is 5.78. The van der Waals surface area contributed by atoms with Gasteiger partial charge in [0.05, 0.1) is 23.9 Å². The molecule has 2 aliphatic heterocycles. The van der Waals surface area contributed by atoms with Gasteiger partial charge in [-0.05, 0) is 43.3 Å². The summed E-state index contributed by atoms with van der Waals surface area (Å²) >= 11 is 5.98. The molecule has 4 atom stereocenters. The van der Waals surface area contributed by atoms with Gasteiger partial charge in [0.1, 0.15) is 0 Å². The maximum absolute atomic E-state index is 11.2. The summed E-state index contributed by atoms with van der Waals surface area (Å²) in [4.78, 5) is 5.02. The van der Waals surface area contributed by atoms with Crippen molar-refractivity contribution in [3.05, 3.63) is 53.3 Å². The highest BCUT2D eigenvalue weighted by Gasteiger charge is 2.71. The van der Waals surface area contributed by atoms with Crippen molar-refractivity contribution in [3.8, 4) is 0 Å². The van der Waals surface area contributed by atoms with Crippen molar-refractivity contribution in [2.24, 2.45) is 11.3 Å². The number of likely N-dealkylation sites (tertiary alicyclic amines) is 2. The van der Waals surface area contributed by atoms with Crippen LogP contribution < -0.4 is 0 Å². The van der Waals surface area contributed by atoms with Crippen LogP contribution in [-0.2, 0) is 6.54 Å². The first kappa shape index (κ1) is 18.6. The first-order chi connectivity index (χ1) is 13.7. The number of halogens is 1. The molecule has 1 spiro atoms. The molecule has 2 aromatic rings. The number of hydrogen-bond acceptors (Lipinski definition) is 4. The van der Waals surface area contributed by atoms with Crippen LogP contribution in [0.3, 0.4) is 0 Å². The lowest BCUT2D eigenvalue weighted by Crippen LogP contribution is -2.28. The Labute approximate surface area is 171 Å². The molecular weight excluding hydrogens is 372 g/mol. The Morgan fingerprint density at radius 1 is 1.11 bits per heavy atom. The van der Waals surface area contributed by atoms with Gasteiger partial charge in [-0.2, -0.15) is 5.10 Å². The summed E-state index contributed by atoms with van der Waals surface area (Å²) in [5.74, 6) is 1.01. The molecule has 3 aliphatic rings. The van der Waals surface area contributed by atoms with Gasteiger partial charge in [-0.3, -0.25) is 9.58 Å². The molecule has 6 heteroatoms. The Morgan fingerprint density at radius 2 is 1.89 bits per heavy atom. The molecule has 0 amide bonds. The van der Waals surface area contributed by atoms with Gasteiger partial charge in [-0.15, -0.1) is 0 Å². The normalized spacial score (nSPS) is 33.1. The Morgan fingerprint density at radius 3 is 2.61 bits per heavy atom. The van der Waals surface area contributed by atoms with Crippen LogP contribution in [0.2, 0.25) is 5.02 Å². The van der Waals surface area contributed by atoms with Gasteiger partial charge in [0, 0.05) is 37.8 Å². The molecule has 1 saturated carbocycles. The van der Waals surface area contributed by atoms with E-state index in [9.17, 15) is 5.11 Å². The van der Waals surface area contributed by atoms with Crippen LogP contribution in [0.5, 0.6) is 0 Å². The predicted octanol–water partition coefficient (Wildman–Crippen LogP) is 2.71. The second kappa shape index (κ2) is 7.45. The molecule has 0 bridgehead atoms. The highest BCUT2D eigenvalue weighted by molar-refractivity contribution is 6.30. The SMILES string of the molecule is O[C@@H]1CN(CCn2cc(Cl)cn2)C[C@@]12[C@H](CN1CCCC1)[C@H]2c1ccccc1. The second-order valence-corrected chi connectivity index (χ2v) is 9.22. The first-order valence-electron chi connectivity index (χ1n) is 10.5. The van der Waals surface area contributed by atoms with Gasteiger partial charge < -0.3 is 10.0 Å². The fourth-order valence-corrected chi connectivity index (χ4v) is 5.94. The van der Waals surface area contributed by atoms with Crippen molar-refractivity contribution < 1.29 is 5.11 Å². The number of hydrogen-bond donors (Lipinski definition) is 1. The van der Waals surface area contributed by atoms with E-state index in [-0.39, 0.29) is 11.5 Å². The van der Waals surface area contributed by atoms with E-state index in [1.807, 2.05) is 10.9 Å². The molecule has 28 heavy (non-hydrogen) atoms. The zero-order valence-electron chi connectivity index (χ0n) is 16.3. The Balaban J connectivity index is 1.31. The van der Waals surface area contributed by atoms with Crippen LogP contribution in [0.1, 0.15) is 24.3 Å². The maximum atomic E-state index is 11.2. The van der Waals surface area contributed by atoms with Crippen LogP contribution in [0.25, 0.3) is 0 Å². The van der Waals surface area contributed by atoms with Gasteiger partial charge in [-0.25, -0.2) is 0 Å². The summed E-state index contributed by atoms with van der Waals surface area (Å²) in [5, 5.41) is 16.1. The van der Waals surface area contributed by atoms with E-state index in [1.54, 1.807) is 6.20 Å². The lowest BCUT2D eigenvalue weighted by molar-refractivity contribution is 0.116. The minimum absolute atomic E-state index is 0.00566. The summed E-state index contributed by atoms with van der Waals surface area (Å²) in [6.07, 6.45) is 5.92. The third-order valence-electron chi connectivity index (χ3n) is 7.17. The Kier molecular flexibility index (Phi) is 4.95. The smallest absolute Gasteiger partial charge is 0.0785 e. The van der Waals surface area contributed by atoms with Crippen LogP contribution in [0.15, 0.2) is 42.7 Å². The third kappa shape index (κ3) is 3.28. The van der Waals surface area contributed by atoms with E-state index in [0.717, 1.165) is 32.7 Å². The molecule has 1 aliphatic carbocycles. The fraction of sp³-hybridized carbons (Fsp3) is 0.591. The van der Waals surface area contributed by atoms with E-state index >= 15 is 0 Å². The van der Waals surface area contributed by atoms with Gasteiger partial charge in [-0.1, -0.05) is 41.9 Å². The molecule has 5 nitrogen and oxygen atoms in total. The molecule has 1 N–H and O–H groups in total. The monoisotopic (exact) mass is 400 g/mol. The Hall–Kier alpha value is -1.40. The summed E-state index contributed by atoms with van der Waals surface area (Å²) in [7, 11) is 0. The first-order valence-corrected chi connectivity index (χ1v) is 10.9. The molecule has 3 fully saturated rings. The number of aliphatic hydroxyl groups excluding tert-OH is 1. The summed E-state index contributed by atoms with van der Waals surface area (Å²) in [6, 6.07) is 10.8. The zero-order chi connectivity index (χ0) is 19.1. The second-order valence-electron chi connectivity index (χ2n) is 8.79. The minimum atomic E-state index is -0.258. The van der Waals surface area contributed by atoms with Crippen molar-refractivity contribution in [2.75, 3.05) is 39.3 Å². The maximum Gasteiger partial charge on any atom is 0.0785 e. The molecule has 3 heterocycles. The number of β-amino-alcohol motifs (C(OH)–C–C–N with tert-alkyl or cyclic N) is 1. The van der Waals surface area contributed by atoms with E-state index in [0.29, 0.717) is 16.9 Å². The average Bonchev–Trinajstić information content (AvgIpc) is 3.14. The average molecular weight is 401 g/mol. The molecule has 2 saturated heterocycles. The summed E-state index contributed by atoms with van der Waals surface area (Å²) in [6.45, 7) is 6.99. The highest BCUT2D eigenvalue weighted by atomic mass is 35.5. The van der Waals surface area contributed by atoms with Crippen LogP contribution in [-0.4, -0.2) is 70.1 Å². The quantitative estimate of drug-likeness (QED) is 0.809. The van der Waals surface area contributed by atoms with E-state index < -0.39 is 0 Å². The number of nitrogens with zero attached hydrogens (tertiary/aromatic N) is 4. The third-order valence-corrected chi connectivity index (χ3v) is 7.37. The minimum Gasteiger partial charge on any atom is -0.391 e. The van der Waals surface area contributed by atoms with Crippen molar-refractivity contribution >= 4 is 11.6 Å². The predicted molar refractivity (Wildman–Crippen MR) is 110 cm³/mol. The molecule has 0 radical (unpaired) electrons. The number of aliphatic hydroxyl groups is 1. The standard InChI is InChI=1S/C22H29ClN4O/c23-18-12-24-27(13-18)11-10-26-15-20(28)22(16-26)19(14-25-8-4-5-9-25)21(22)17-6-2-1-3-7-17/h1-3,6-7,12-13,19-21,28H,4-5,8-11,14-16H2/t19-,20-,21-,22-/m1/s1. The van der Waals surface area contributed by atoms with Crippen molar-refractivity contribution in [3.63, 3.8) is 0 Å². The molecule has 150 valence electrons. The zero-order valence-corrected chi connectivity index (χ0v) is 17.0. The van der Waals surface area contributed by atoms with E-state index in [1.165, 1.54) is 31.5 Å². The van der Waals surface area contributed by atoms with Crippen molar-refractivity contribution in [1.82, 2.24) is 19.6 Å². The summed E-state index contributed by atoms with van der Waals surface area (Å²) < 4.78 is 1.89. The number of aromatic nitrogens is 2. The largest absolute Gasteiger partial charge is 0.391 e. The van der Waals surface area contributed by atoms with E-state index in [2.05, 4.69) is 45.2 Å². The van der Waals surface area contributed by atoms with Crippen molar-refractivity contribution in [2.45, 2.75) is 31.4 Å². The number of rotatable bonds is 6. The lowest BCUT2D eigenvalue weighted by atomic mass is 9.95. The molecule has 5 rings (SSSR count).